The lowest BCUT2D eigenvalue weighted by Gasteiger charge is -2.10. The quantitative estimate of drug-likeness (QED) is 0.681. The average Bonchev–Trinajstić information content (AvgIpc) is 2.69. The second-order valence-electron chi connectivity index (χ2n) is 5.90. The molecule has 0 radical (unpaired) electrons. The van der Waals surface area contributed by atoms with Crippen LogP contribution in [0.4, 0.5) is 5.69 Å². The molecule has 27 heavy (non-hydrogen) atoms. The molecule has 0 aliphatic heterocycles. The van der Waals surface area contributed by atoms with E-state index in [9.17, 15) is 14.4 Å². The fourth-order valence-corrected chi connectivity index (χ4v) is 2.64. The molecule has 0 bridgehead atoms. The van der Waals surface area contributed by atoms with Gasteiger partial charge < -0.3 is 10.6 Å². The molecule has 138 valence electrons. The van der Waals surface area contributed by atoms with Gasteiger partial charge in [-0.3, -0.25) is 14.4 Å². The maximum absolute atomic E-state index is 12.3. The van der Waals surface area contributed by atoms with Gasteiger partial charge in [0, 0.05) is 5.69 Å². The lowest BCUT2D eigenvalue weighted by molar-refractivity contribution is -0.124. The maximum atomic E-state index is 12.3. The van der Waals surface area contributed by atoms with Gasteiger partial charge in [0.25, 0.3) is 5.56 Å². The van der Waals surface area contributed by atoms with Crippen molar-refractivity contribution in [1.29, 1.82) is 0 Å². The number of carbonyl (C=O) groups excluding carboxylic acids is 2. The highest BCUT2D eigenvalue weighted by Crippen LogP contribution is 2.14. The Morgan fingerprint density at radius 2 is 1.78 bits per heavy atom. The van der Waals surface area contributed by atoms with E-state index < -0.39 is 11.5 Å². The Morgan fingerprint density at radius 3 is 2.59 bits per heavy atom. The summed E-state index contributed by atoms with van der Waals surface area (Å²) in [5, 5.41) is 13.3. The molecule has 2 amide bonds. The van der Waals surface area contributed by atoms with E-state index in [1.54, 1.807) is 24.3 Å². The number of aromatic nitrogens is 3. The van der Waals surface area contributed by atoms with E-state index in [0.717, 1.165) is 22.4 Å². The first-order valence-corrected chi connectivity index (χ1v) is 8.55. The molecule has 2 N–H and O–H groups in total. The van der Waals surface area contributed by atoms with E-state index in [1.807, 2.05) is 31.2 Å². The van der Waals surface area contributed by atoms with Crippen LogP contribution in [0.15, 0.2) is 53.3 Å². The smallest absolute Gasteiger partial charge is 0.278 e. The molecular formula is C19H19N5O3. The summed E-state index contributed by atoms with van der Waals surface area (Å²) in [6.45, 7) is 1.48. The largest absolute Gasteiger partial charge is 0.345 e. The van der Waals surface area contributed by atoms with E-state index in [2.05, 4.69) is 20.9 Å². The summed E-state index contributed by atoms with van der Waals surface area (Å²) in [5.41, 5.74) is 1.79. The zero-order chi connectivity index (χ0) is 19.2. The predicted molar refractivity (Wildman–Crippen MR) is 101 cm³/mol. The van der Waals surface area contributed by atoms with Crippen LogP contribution >= 0.6 is 0 Å². The summed E-state index contributed by atoms with van der Waals surface area (Å²) in [6.07, 6.45) is 0.784. The van der Waals surface area contributed by atoms with Crippen LogP contribution in [0.25, 0.3) is 10.9 Å². The zero-order valence-corrected chi connectivity index (χ0v) is 14.8. The molecular weight excluding hydrogens is 346 g/mol. The summed E-state index contributed by atoms with van der Waals surface area (Å²) in [7, 11) is 0. The summed E-state index contributed by atoms with van der Waals surface area (Å²) >= 11 is 0. The Kier molecular flexibility index (Phi) is 5.55. The first kappa shape index (κ1) is 18.2. The topological polar surface area (TPSA) is 106 Å². The first-order valence-electron chi connectivity index (χ1n) is 8.55. The van der Waals surface area contributed by atoms with Crippen molar-refractivity contribution in [1.82, 2.24) is 20.3 Å². The molecule has 0 spiro atoms. The van der Waals surface area contributed by atoms with Crippen molar-refractivity contribution < 1.29 is 9.59 Å². The number of benzene rings is 2. The van der Waals surface area contributed by atoms with E-state index in [1.165, 1.54) is 0 Å². The Hall–Kier alpha value is -3.55. The number of aryl methyl sites for hydroxylation is 1. The summed E-state index contributed by atoms with van der Waals surface area (Å²) in [6, 6.07) is 14.2. The SMILES string of the molecule is CCc1ccccc1NC(=O)CNC(=O)Cn1nnc2ccccc2c1=O. The molecule has 8 nitrogen and oxygen atoms in total. The van der Waals surface area contributed by atoms with Crippen LogP contribution in [0.5, 0.6) is 0 Å². The fraction of sp³-hybridized carbons (Fsp3) is 0.211. The van der Waals surface area contributed by atoms with Crippen LogP contribution in [0, 0.1) is 0 Å². The summed E-state index contributed by atoms with van der Waals surface area (Å²) in [4.78, 5) is 36.4. The maximum Gasteiger partial charge on any atom is 0.278 e. The van der Waals surface area contributed by atoms with Crippen LogP contribution in [0.3, 0.4) is 0 Å². The minimum absolute atomic E-state index is 0.202. The summed E-state index contributed by atoms with van der Waals surface area (Å²) in [5.74, 6) is -0.846. The molecule has 0 saturated carbocycles. The average molecular weight is 365 g/mol. The molecule has 8 heteroatoms. The molecule has 0 aliphatic carbocycles. The van der Waals surface area contributed by atoms with Crippen LogP contribution in [0.2, 0.25) is 0 Å². The van der Waals surface area contributed by atoms with Gasteiger partial charge in [0.2, 0.25) is 11.8 Å². The van der Waals surface area contributed by atoms with Gasteiger partial charge in [-0.25, -0.2) is 4.68 Å². The van der Waals surface area contributed by atoms with Crippen LogP contribution in [0.1, 0.15) is 12.5 Å². The van der Waals surface area contributed by atoms with Crippen LogP contribution in [-0.2, 0) is 22.6 Å². The van der Waals surface area contributed by atoms with Crippen molar-refractivity contribution in [2.75, 3.05) is 11.9 Å². The second kappa shape index (κ2) is 8.22. The minimum atomic E-state index is -0.499. The van der Waals surface area contributed by atoms with Gasteiger partial charge in [-0.15, -0.1) is 5.10 Å². The molecule has 3 rings (SSSR count). The monoisotopic (exact) mass is 365 g/mol. The third kappa shape index (κ3) is 4.35. The molecule has 0 aliphatic rings. The molecule has 0 saturated heterocycles. The first-order chi connectivity index (χ1) is 13.1. The third-order valence-corrected chi connectivity index (χ3v) is 4.04. The van der Waals surface area contributed by atoms with Crippen molar-refractivity contribution in [3.8, 4) is 0 Å². The van der Waals surface area contributed by atoms with E-state index >= 15 is 0 Å². The molecule has 3 aromatic rings. The third-order valence-electron chi connectivity index (χ3n) is 4.04. The number of hydrogen-bond acceptors (Lipinski definition) is 5. The summed E-state index contributed by atoms with van der Waals surface area (Å²) < 4.78 is 0.974. The highest BCUT2D eigenvalue weighted by atomic mass is 16.2. The highest BCUT2D eigenvalue weighted by molar-refractivity contribution is 5.95. The van der Waals surface area contributed by atoms with Gasteiger partial charge in [0.05, 0.1) is 11.9 Å². The van der Waals surface area contributed by atoms with Crippen molar-refractivity contribution in [2.24, 2.45) is 0 Å². The van der Waals surface area contributed by atoms with E-state index in [4.69, 9.17) is 0 Å². The predicted octanol–water partition coefficient (Wildman–Crippen LogP) is 1.11. The molecule has 0 unspecified atom stereocenters. The normalized spacial score (nSPS) is 10.6. The van der Waals surface area contributed by atoms with E-state index in [-0.39, 0.29) is 19.0 Å². The number of nitrogens with one attached hydrogen (secondary N) is 2. The van der Waals surface area contributed by atoms with Gasteiger partial charge in [0.15, 0.2) is 0 Å². The van der Waals surface area contributed by atoms with Crippen molar-refractivity contribution >= 4 is 28.4 Å². The number of nitrogens with zero attached hydrogens (tertiary/aromatic N) is 3. The number of para-hydroxylation sites is 1. The molecule has 1 heterocycles. The van der Waals surface area contributed by atoms with Crippen LogP contribution < -0.4 is 16.2 Å². The lowest BCUT2D eigenvalue weighted by atomic mass is 10.1. The van der Waals surface area contributed by atoms with Crippen molar-refractivity contribution in [2.45, 2.75) is 19.9 Å². The number of rotatable bonds is 6. The number of amides is 2. The lowest BCUT2D eigenvalue weighted by Crippen LogP contribution is -2.38. The Labute approximate surface area is 155 Å². The van der Waals surface area contributed by atoms with Gasteiger partial charge in [-0.1, -0.05) is 42.5 Å². The fourth-order valence-electron chi connectivity index (χ4n) is 2.64. The van der Waals surface area contributed by atoms with Gasteiger partial charge >= 0.3 is 0 Å². The second-order valence-corrected chi connectivity index (χ2v) is 5.90. The van der Waals surface area contributed by atoms with Crippen molar-refractivity contribution in [3.63, 3.8) is 0 Å². The number of carbonyl (C=O) groups is 2. The van der Waals surface area contributed by atoms with Crippen LogP contribution in [-0.4, -0.2) is 33.4 Å². The minimum Gasteiger partial charge on any atom is -0.345 e. The Bertz CT molecular complexity index is 1040. The van der Waals surface area contributed by atoms with Crippen molar-refractivity contribution in [3.05, 3.63) is 64.4 Å². The Balaban J connectivity index is 1.59. The molecule has 0 atom stereocenters. The van der Waals surface area contributed by atoms with Gasteiger partial charge in [-0.05, 0) is 30.2 Å². The van der Waals surface area contributed by atoms with Gasteiger partial charge in [0.1, 0.15) is 12.1 Å². The van der Waals surface area contributed by atoms with Gasteiger partial charge in [-0.2, -0.15) is 0 Å². The number of anilines is 1. The standard InChI is InChI=1S/C19H19N5O3/c1-2-13-7-3-5-9-15(13)21-17(25)11-20-18(26)12-24-19(27)14-8-4-6-10-16(14)22-23-24/h3-10H,2,11-12H2,1H3,(H,20,26)(H,21,25). The molecule has 0 fully saturated rings. The number of hydrogen-bond donors (Lipinski definition) is 2. The number of fused-ring (bicyclic) bond motifs is 1. The highest BCUT2D eigenvalue weighted by Gasteiger charge is 2.11. The molecule has 2 aromatic carbocycles. The molecule has 1 aromatic heterocycles. The van der Waals surface area contributed by atoms with E-state index in [0.29, 0.717) is 10.9 Å². The zero-order valence-electron chi connectivity index (χ0n) is 14.8. The Morgan fingerprint density at radius 1 is 1.04 bits per heavy atom.